The summed E-state index contributed by atoms with van der Waals surface area (Å²) < 4.78 is 5.42. The number of hydrogen-bond acceptors (Lipinski definition) is 4. The van der Waals surface area contributed by atoms with Crippen LogP contribution in [0.4, 0.5) is 0 Å². The molecule has 2 heterocycles. The van der Waals surface area contributed by atoms with E-state index < -0.39 is 0 Å². The van der Waals surface area contributed by atoms with Crippen LogP contribution in [0.1, 0.15) is 49.1 Å². The Balaban J connectivity index is 1.41. The molecular formula is C17H23N3O3. The second kappa shape index (κ2) is 5.65. The van der Waals surface area contributed by atoms with Crippen LogP contribution >= 0.6 is 0 Å². The molecule has 6 nitrogen and oxygen atoms in total. The molecular weight excluding hydrogens is 294 g/mol. The van der Waals surface area contributed by atoms with Crippen molar-refractivity contribution < 1.29 is 14.1 Å². The number of aryl methyl sites for hydroxylation is 1. The first kappa shape index (κ1) is 14.7. The Morgan fingerprint density at radius 2 is 2.13 bits per heavy atom. The van der Waals surface area contributed by atoms with Crippen LogP contribution in [-0.4, -0.2) is 46.4 Å². The van der Waals surface area contributed by atoms with Crippen LogP contribution in [0, 0.1) is 5.92 Å². The third-order valence-electron chi connectivity index (χ3n) is 5.29. The lowest BCUT2D eigenvalue weighted by Gasteiger charge is -2.21. The molecule has 0 N–H and O–H groups in total. The van der Waals surface area contributed by atoms with E-state index >= 15 is 0 Å². The largest absolute Gasteiger partial charge is 0.361 e. The van der Waals surface area contributed by atoms with Gasteiger partial charge in [0, 0.05) is 38.0 Å². The Morgan fingerprint density at radius 1 is 1.35 bits per heavy atom. The number of nitrogens with zero attached hydrogens (tertiary/aromatic N) is 3. The van der Waals surface area contributed by atoms with E-state index in [1.165, 1.54) is 5.56 Å². The Labute approximate surface area is 135 Å². The van der Waals surface area contributed by atoms with Crippen molar-refractivity contribution in [3.8, 4) is 0 Å². The topological polar surface area (TPSA) is 66.7 Å². The van der Waals surface area contributed by atoms with Gasteiger partial charge in [-0.3, -0.25) is 9.59 Å². The van der Waals surface area contributed by atoms with Crippen LogP contribution < -0.4 is 0 Å². The maximum Gasteiger partial charge on any atom is 0.228 e. The van der Waals surface area contributed by atoms with Gasteiger partial charge in [-0.05, 0) is 32.1 Å². The lowest BCUT2D eigenvalue weighted by molar-refractivity contribution is -0.135. The number of hydrogen-bond donors (Lipinski definition) is 0. The summed E-state index contributed by atoms with van der Waals surface area (Å²) in [5.74, 6) is 0.978. The fourth-order valence-corrected chi connectivity index (χ4v) is 3.82. The number of aromatic nitrogens is 1. The Hall–Kier alpha value is -1.85. The molecule has 0 radical (unpaired) electrons. The molecule has 0 bridgehead atoms. The van der Waals surface area contributed by atoms with Gasteiger partial charge >= 0.3 is 0 Å². The van der Waals surface area contributed by atoms with Gasteiger partial charge in [-0.25, -0.2) is 0 Å². The minimum atomic E-state index is -0.198. The zero-order valence-corrected chi connectivity index (χ0v) is 13.6. The fourth-order valence-electron chi connectivity index (χ4n) is 3.82. The molecule has 2 fully saturated rings. The maximum atomic E-state index is 12.7. The summed E-state index contributed by atoms with van der Waals surface area (Å²) >= 11 is 0. The zero-order chi connectivity index (χ0) is 16.0. The van der Waals surface area contributed by atoms with Crippen LogP contribution in [0.5, 0.6) is 0 Å². The average Bonchev–Trinajstić information content (AvgIpc) is 3.21. The van der Waals surface area contributed by atoms with E-state index in [2.05, 4.69) is 5.16 Å². The third-order valence-corrected chi connectivity index (χ3v) is 5.29. The van der Waals surface area contributed by atoms with Crippen LogP contribution in [-0.2, 0) is 29.0 Å². The first-order valence-corrected chi connectivity index (χ1v) is 8.64. The first-order chi connectivity index (χ1) is 11.1. The molecule has 6 heteroatoms. The molecule has 1 aliphatic heterocycles. The molecule has 23 heavy (non-hydrogen) atoms. The number of amides is 2. The molecule has 1 saturated carbocycles. The van der Waals surface area contributed by atoms with Gasteiger partial charge in [-0.1, -0.05) is 5.16 Å². The van der Waals surface area contributed by atoms with Crippen LogP contribution in [0.15, 0.2) is 4.52 Å². The number of likely N-dealkylation sites (tertiary alicyclic amines) is 1. The summed E-state index contributed by atoms with van der Waals surface area (Å²) in [6.45, 7) is 1.06. The summed E-state index contributed by atoms with van der Waals surface area (Å²) in [4.78, 5) is 28.3. The number of fused-ring (bicyclic) bond motifs is 1. The molecule has 1 saturated heterocycles. The van der Waals surface area contributed by atoms with Crippen molar-refractivity contribution in [2.24, 2.45) is 5.92 Å². The average molecular weight is 317 g/mol. The summed E-state index contributed by atoms with van der Waals surface area (Å²) in [7, 11) is 1.80. The van der Waals surface area contributed by atoms with E-state index in [1.54, 1.807) is 11.9 Å². The molecule has 2 amide bonds. The minimum absolute atomic E-state index is 0.0501. The van der Waals surface area contributed by atoms with Gasteiger partial charge in [0.05, 0.1) is 12.5 Å². The lowest BCUT2D eigenvalue weighted by atomic mass is 9.96. The van der Waals surface area contributed by atoms with Gasteiger partial charge < -0.3 is 14.3 Å². The number of carbonyl (C=O) groups excluding carboxylic acids is 2. The molecule has 4 rings (SSSR count). The second-order valence-electron chi connectivity index (χ2n) is 7.11. The molecule has 1 aromatic heterocycles. The van der Waals surface area contributed by atoms with Crippen LogP contribution in [0.3, 0.4) is 0 Å². The van der Waals surface area contributed by atoms with Gasteiger partial charge in [-0.15, -0.1) is 0 Å². The highest BCUT2D eigenvalue weighted by Crippen LogP contribution is 2.33. The van der Waals surface area contributed by atoms with Gasteiger partial charge in [-0.2, -0.15) is 0 Å². The standard InChI is InChI=1S/C17H23N3O3/c1-19(10-14-13-4-2-3-5-15(13)23-18-14)17(22)11-8-16(21)20(9-11)12-6-7-12/h11-12H,2-10H2,1H3/t11-/m1/s1. The molecule has 0 unspecified atom stereocenters. The van der Waals surface area contributed by atoms with E-state index in [0.29, 0.717) is 25.6 Å². The van der Waals surface area contributed by atoms with Gasteiger partial charge in [0.2, 0.25) is 11.8 Å². The van der Waals surface area contributed by atoms with Crippen LogP contribution in [0.25, 0.3) is 0 Å². The highest BCUT2D eigenvalue weighted by atomic mass is 16.5. The highest BCUT2D eigenvalue weighted by Gasteiger charge is 2.42. The van der Waals surface area contributed by atoms with Crippen molar-refractivity contribution in [2.45, 2.75) is 57.5 Å². The SMILES string of the molecule is CN(Cc1noc2c1CCCC2)C(=O)[C@@H]1CC(=O)N(C2CC2)C1. The highest BCUT2D eigenvalue weighted by molar-refractivity contribution is 5.89. The van der Waals surface area contributed by atoms with E-state index in [1.807, 2.05) is 4.90 Å². The molecule has 124 valence electrons. The van der Waals surface area contributed by atoms with Crippen molar-refractivity contribution in [1.82, 2.24) is 15.0 Å². The monoisotopic (exact) mass is 317 g/mol. The predicted octanol–water partition coefficient (Wildman–Crippen LogP) is 1.52. The fraction of sp³-hybridized carbons (Fsp3) is 0.706. The van der Waals surface area contributed by atoms with Gasteiger partial charge in [0.1, 0.15) is 11.5 Å². The zero-order valence-electron chi connectivity index (χ0n) is 13.6. The molecule has 3 aliphatic rings. The Kier molecular flexibility index (Phi) is 3.62. The number of rotatable bonds is 4. The minimum Gasteiger partial charge on any atom is -0.361 e. The quantitative estimate of drug-likeness (QED) is 0.844. The molecule has 0 spiro atoms. The second-order valence-corrected chi connectivity index (χ2v) is 7.11. The van der Waals surface area contributed by atoms with E-state index in [0.717, 1.165) is 50.0 Å². The Bertz CT molecular complexity index is 635. The van der Waals surface area contributed by atoms with Crippen molar-refractivity contribution >= 4 is 11.8 Å². The van der Waals surface area contributed by atoms with Gasteiger partial charge in [0.15, 0.2) is 0 Å². The van der Waals surface area contributed by atoms with Crippen molar-refractivity contribution in [1.29, 1.82) is 0 Å². The van der Waals surface area contributed by atoms with Crippen molar-refractivity contribution in [3.63, 3.8) is 0 Å². The molecule has 1 atom stereocenters. The van der Waals surface area contributed by atoms with Crippen molar-refractivity contribution in [3.05, 3.63) is 17.0 Å². The maximum absolute atomic E-state index is 12.7. The Morgan fingerprint density at radius 3 is 2.91 bits per heavy atom. The first-order valence-electron chi connectivity index (χ1n) is 8.64. The smallest absolute Gasteiger partial charge is 0.228 e. The van der Waals surface area contributed by atoms with Crippen molar-refractivity contribution in [2.75, 3.05) is 13.6 Å². The third kappa shape index (κ3) is 2.75. The normalized spacial score (nSPS) is 24.0. The molecule has 0 aromatic carbocycles. The summed E-state index contributed by atoms with van der Waals surface area (Å²) in [6, 6.07) is 0.396. The lowest BCUT2D eigenvalue weighted by Crippen LogP contribution is -2.35. The van der Waals surface area contributed by atoms with E-state index in [9.17, 15) is 9.59 Å². The summed E-state index contributed by atoms with van der Waals surface area (Å²) in [5, 5.41) is 4.17. The predicted molar refractivity (Wildman–Crippen MR) is 82.5 cm³/mol. The van der Waals surface area contributed by atoms with E-state index in [4.69, 9.17) is 4.52 Å². The van der Waals surface area contributed by atoms with E-state index in [-0.39, 0.29) is 17.7 Å². The summed E-state index contributed by atoms with van der Waals surface area (Å²) in [6.07, 6.45) is 6.79. The summed E-state index contributed by atoms with van der Waals surface area (Å²) in [5.41, 5.74) is 2.08. The van der Waals surface area contributed by atoms with Gasteiger partial charge in [0.25, 0.3) is 0 Å². The molecule has 1 aromatic rings. The number of carbonyl (C=O) groups is 2. The van der Waals surface area contributed by atoms with Crippen LogP contribution in [0.2, 0.25) is 0 Å². The molecule has 2 aliphatic carbocycles.